The van der Waals surface area contributed by atoms with Crippen molar-refractivity contribution in [2.75, 3.05) is 32.6 Å². The van der Waals surface area contributed by atoms with Crippen molar-refractivity contribution in [2.24, 2.45) is 10.7 Å². The Hall–Kier alpha value is -4.59. The largest absolute Gasteiger partial charge is 0.416 e. The molecule has 0 radical (unpaired) electrons. The number of nitrogens with two attached hydrogens (primary N) is 1. The highest BCUT2D eigenvalue weighted by Gasteiger charge is 2.45. The maximum absolute atomic E-state index is 13.8. The highest BCUT2D eigenvalue weighted by atomic mass is 19.4. The molecule has 38 heavy (non-hydrogen) atoms. The molecule has 2 aliphatic rings. The van der Waals surface area contributed by atoms with Crippen LogP contribution in [-0.4, -0.2) is 55.6 Å². The lowest BCUT2D eigenvalue weighted by Crippen LogP contribution is -2.53. The molecule has 11 heteroatoms. The van der Waals surface area contributed by atoms with E-state index in [4.69, 9.17) is 5.73 Å². The maximum Gasteiger partial charge on any atom is 0.416 e. The van der Waals surface area contributed by atoms with Crippen molar-refractivity contribution in [1.82, 2.24) is 9.80 Å². The van der Waals surface area contributed by atoms with Crippen LogP contribution in [0.5, 0.6) is 0 Å². The molecule has 2 aromatic carbocycles. The average molecular weight is 523 g/mol. The fraction of sp³-hybridized carbons (Fsp3) is 0.259. The first-order chi connectivity index (χ1) is 18.0. The first-order valence-electron chi connectivity index (χ1n) is 11.6. The minimum absolute atomic E-state index is 0.0145. The summed E-state index contributed by atoms with van der Waals surface area (Å²) in [7, 11) is 4.67. The summed E-state index contributed by atoms with van der Waals surface area (Å²) in [6, 6.07) is 9.90. The Labute approximate surface area is 217 Å². The molecule has 2 N–H and O–H groups in total. The number of anilines is 1. The van der Waals surface area contributed by atoms with Gasteiger partial charge in [0.1, 0.15) is 0 Å². The van der Waals surface area contributed by atoms with E-state index in [0.29, 0.717) is 28.0 Å². The van der Waals surface area contributed by atoms with Crippen LogP contribution in [0.4, 0.5) is 23.7 Å². The Morgan fingerprint density at radius 3 is 2.55 bits per heavy atom. The van der Waals surface area contributed by atoms with E-state index in [9.17, 15) is 28.0 Å². The summed E-state index contributed by atoms with van der Waals surface area (Å²) in [6.45, 7) is 0.285. The summed E-state index contributed by atoms with van der Waals surface area (Å²) < 4.78 is 40.4. The van der Waals surface area contributed by atoms with Crippen LogP contribution in [0.3, 0.4) is 0 Å². The molecule has 0 fully saturated rings. The topological polar surface area (TPSA) is 106 Å². The van der Waals surface area contributed by atoms with Crippen LogP contribution >= 0.6 is 0 Å². The van der Waals surface area contributed by atoms with E-state index < -0.39 is 23.8 Å². The molecular formula is C27H25F3N6O2. The number of rotatable bonds is 4. The first kappa shape index (κ1) is 26.5. The number of nitrogens with zero attached hydrogens (tertiary/aromatic N) is 5. The van der Waals surface area contributed by atoms with E-state index in [1.54, 1.807) is 32.3 Å². The molecule has 0 saturated carbocycles. The van der Waals surface area contributed by atoms with Crippen LogP contribution in [-0.2, 0) is 11.0 Å². The second-order valence-corrected chi connectivity index (χ2v) is 8.94. The van der Waals surface area contributed by atoms with Crippen molar-refractivity contribution < 1.29 is 22.8 Å². The van der Waals surface area contributed by atoms with Crippen molar-refractivity contribution in [3.63, 3.8) is 0 Å². The third-order valence-corrected chi connectivity index (χ3v) is 6.66. The average Bonchev–Trinajstić information content (AvgIpc) is 2.90. The minimum Gasteiger partial charge on any atom is -0.404 e. The molecule has 3 amide bonds. The first-order valence-corrected chi connectivity index (χ1v) is 11.6. The second-order valence-electron chi connectivity index (χ2n) is 8.94. The van der Waals surface area contributed by atoms with E-state index in [1.165, 1.54) is 46.3 Å². The smallest absolute Gasteiger partial charge is 0.404 e. The zero-order valence-electron chi connectivity index (χ0n) is 21.0. The van der Waals surface area contributed by atoms with E-state index in [-0.39, 0.29) is 30.1 Å². The Bertz CT molecular complexity index is 1440. The number of halogens is 3. The number of benzene rings is 2. The number of alkyl halides is 3. The van der Waals surface area contributed by atoms with Gasteiger partial charge >= 0.3 is 12.2 Å². The van der Waals surface area contributed by atoms with Gasteiger partial charge < -0.3 is 15.5 Å². The number of carbonyl (C=O) groups excluding carboxylic acids is 2. The summed E-state index contributed by atoms with van der Waals surface area (Å²) in [6.07, 6.45) is -1.53. The molecule has 0 aliphatic carbocycles. The van der Waals surface area contributed by atoms with Gasteiger partial charge in [0.25, 0.3) is 5.91 Å². The second kappa shape index (κ2) is 10.0. The monoisotopic (exact) mass is 522 g/mol. The standard InChI is InChI=1S/C27H25F3N6O2/c1-33-15-17(14-32)21-11-16(13-31)7-8-20(21)24-23-22(9-10-34(2)25(23)37)36(26(38)35(24)3)19-6-4-5-18(12-19)27(28,29)30/h4-8,11-12,14-15,24H,9-10,32H2,1-3H3. The lowest BCUT2D eigenvalue weighted by atomic mass is 9.84. The third kappa shape index (κ3) is 4.49. The Morgan fingerprint density at radius 2 is 1.92 bits per heavy atom. The summed E-state index contributed by atoms with van der Waals surface area (Å²) in [4.78, 5) is 35.4. The number of nitriles is 1. The van der Waals surface area contributed by atoms with E-state index >= 15 is 0 Å². The van der Waals surface area contributed by atoms with E-state index in [0.717, 1.165) is 12.1 Å². The van der Waals surface area contributed by atoms with Crippen molar-refractivity contribution in [1.29, 1.82) is 5.26 Å². The molecule has 2 heterocycles. The predicted octanol–water partition coefficient (Wildman–Crippen LogP) is 4.31. The highest BCUT2D eigenvalue weighted by molar-refractivity contribution is 6.11. The highest BCUT2D eigenvalue weighted by Crippen LogP contribution is 2.44. The molecule has 2 aliphatic heterocycles. The molecule has 0 aromatic heterocycles. The number of carbonyl (C=O) groups is 2. The van der Waals surface area contributed by atoms with Gasteiger partial charge in [0.15, 0.2) is 0 Å². The number of amides is 3. The molecule has 2 aromatic rings. The lowest BCUT2D eigenvalue weighted by molar-refractivity contribution is -0.137. The molecule has 0 saturated heterocycles. The van der Waals surface area contributed by atoms with Crippen molar-refractivity contribution in [3.8, 4) is 6.07 Å². The molecule has 196 valence electrons. The fourth-order valence-corrected chi connectivity index (χ4v) is 4.83. The van der Waals surface area contributed by atoms with Crippen LogP contribution in [0, 0.1) is 11.3 Å². The summed E-state index contributed by atoms with van der Waals surface area (Å²) in [5.41, 5.74) is 7.40. The summed E-state index contributed by atoms with van der Waals surface area (Å²) >= 11 is 0. The number of hydrogen-bond donors (Lipinski definition) is 1. The summed E-state index contributed by atoms with van der Waals surface area (Å²) in [5.74, 6) is -0.356. The molecule has 1 unspecified atom stereocenters. The number of urea groups is 1. The Kier molecular flexibility index (Phi) is 7.00. The fourth-order valence-electron chi connectivity index (χ4n) is 4.83. The normalized spacial score (nSPS) is 18.8. The van der Waals surface area contributed by atoms with Gasteiger partial charge in [-0.2, -0.15) is 18.4 Å². The van der Waals surface area contributed by atoms with Crippen molar-refractivity contribution >= 4 is 29.4 Å². The maximum atomic E-state index is 13.8. The summed E-state index contributed by atoms with van der Waals surface area (Å²) in [5, 5.41) is 9.49. The number of aliphatic imine (C=N–C) groups is 1. The zero-order chi connectivity index (χ0) is 27.8. The van der Waals surface area contributed by atoms with Crippen LogP contribution in [0.15, 0.2) is 64.9 Å². The SMILES string of the molecule is CN=CC(=CN)c1cc(C#N)ccc1C1C2=C(CCN(C)C2=O)N(c2cccc(C(F)(F)F)c2)C(=O)N1C. The van der Waals surface area contributed by atoms with Gasteiger partial charge in [0.05, 0.1) is 34.5 Å². The molecular weight excluding hydrogens is 497 g/mol. The molecule has 0 bridgehead atoms. The Balaban J connectivity index is 1.99. The predicted molar refractivity (Wildman–Crippen MR) is 137 cm³/mol. The van der Waals surface area contributed by atoms with Gasteiger partial charge in [-0.05, 0) is 41.5 Å². The molecule has 1 atom stereocenters. The van der Waals surface area contributed by atoms with Crippen LogP contribution in [0.2, 0.25) is 0 Å². The van der Waals surface area contributed by atoms with Gasteiger partial charge in [0, 0.05) is 57.8 Å². The van der Waals surface area contributed by atoms with Crippen LogP contribution < -0.4 is 10.6 Å². The van der Waals surface area contributed by atoms with E-state index in [1.807, 2.05) is 0 Å². The van der Waals surface area contributed by atoms with Gasteiger partial charge in [-0.3, -0.25) is 14.7 Å². The van der Waals surface area contributed by atoms with Gasteiger partial charge in [-0.1, -0.05) is 12.1 Å². The molecule has 8 nitrogen and oxygen atoms in total. The third-order valence-electron chi connectivity index (χ3n) is 6.66. The lowest BCUT2D eigenvalue weighted by Gasteiger charge is -2.45. The van der Waals surface area contributed by atoms with Gasteiger partial charge in [-0.15, -0.1) is 0 Å². The van der Waals surface area contributed by atoms with E-state index in [2.05, 4.69) is 11.1 Å². The zero-order valence-corrected chi connectivity index (χ0v) is 21.0. The van der Waals surface area contributed by atoms with Crippen molar-refractivity contribution in [2.45, 2.75) is 18.6 Å². The number of likely N-dealkylation sites (N-methyl/N-ethyl adjacent to an activating group) is 2. The minimum atomic E-state index is -4.60. The number of allylic oxidation sites excluding steroid dienone is 1. The molecule has 4 rings (SSSR count). The van der Waals surface area contributed by atoms with Gasteiger partial charge in [-0.25, -0.2) is 4.79 Å². The number of hydrogen-bond acceptors (Lipinski definition) is 5. The molecule has 0 spiro atoms. The Morgan fingerprint density at radius 1 is 1.18 bits per heavy atom. The quantitative estimate of drug-likeness (QED) is 0.604. The van der Waals surface area contributed by atoms with Crippen LogP contribution in [0.25, 0.3) is 5.57 Å². The van der Waals surface area contributed by atoms with Gasteiger partial charge in [0.2, 0.25) is 0 Å². The van der Waals surface area contributed by atoms with Crippen molar-refractivity contribution in [3.05, 3.63) is 82.2 Å². The van der Waals surface area contributed by atoms with Crippen LogP contribution in [0.1, 0.15) is 34.7 Å².